The first kappa shape index (κ1) is 24.7. The van der Waals surface area contributed by atoms with Crippen LogP contribution in [-0.4, -0.2) is 29.4 Å². The molecule has 0 saturated heterocycles. The van der Waals surface area contributed by atoms with Crippen molar-refractivity contribution in [2.75, 3.05) is 12.3 Å². The summed E-state index contributed by atoms with van der Waals surface area (Å²) in [6.45, 7) is 6.79. The van der Waals surface area contributed by atoms with Gasteiger partial charge < -0.3 is 16.2 Å². The van der Waals surface area contributed by atoms with Crippen molar-refractivity contribution in [2.45, 2.75) is 51.5 Å². The summed E-state index contributed by atoms with van der Waals surface area (Å²) in [5.74, 6) is -1.30. The number of primary amides is 1. The molecule has 3 unspecified atom stereocenters. The Morgan fingerprint density at radius 2 is 1.88 bits per heavy atom. The number of nitrogens with one attached hydrogen (secondary N) is 1. The lowest BCUT2D eigenvalue weighted by atomic mass is 9.86. The number of halogens is 2. The van der Waals surface area contributed by atoms with Crippen LogP contribution in [-0.2, 0) is 23.4 Å². The number of carbonyl (C=O) groups is 1. The predicted molar refractivity (Wildman–Crippen MR) is 125 cm³/mol. The number of carbonyl (C=O) groups excluding carboxylic acids is 1. The Hall–Kier alpha value is -1.96. The summed E-state index contributed by atoms with van der Waals surface area (Å²) in [6, 6.07) is 9.73. The molecule has 2 aromatic rings. The van der Waals surface area contributed by atoms with E-state index in [2.05, 4.69) is 44.3 Å². The minimum absolute atomic E-state index is 0.0292. The summed E-state index contributed by atoms with van der Waals surface area (Å²) in [7, 11) is 0. The van der Waals surface area contributed by atoms with Gasteiger partial charge in [-0.3, -0.25) is 4.79 Å². The molecule has 1 heterocycles. The van der Waals surface area contributed by atoms with E-state index in [9.17, 15) is 18.7 Å². The molecule has 4 N–H and O–H groups in total. The van der Waals surface area contributed by atoms with E-state index in [1.807, 2.05) is 11.8 Å². The van der Waals surface area contributed by atoms with Crippen molar-refractivity contribution in [1.29, 1.82) is 0 Å². The second-order valence-electron chi connectivity index (χ2n) is 9.80. The average molecular weight is 463 g/mol. The highest BCUT2D eigenvalue weighted by molar-refractivity contribution is 7.98. The standard InChI is InChI=1S/C25H32F2N2O2S/c1-25(2,3)11-15-4-5-17-13-32-14-22(20(17)8-15)29-12-23(30)21(24(28)31)9-16-6-18(26)10-19(27)7-16/h4-8,10,21-23,29-30H,9,11-14H2,1-3H3,(H2,28,31). The first-order valence-corrected chi connectivity index (χ1v) is 12.0. The third-order valence-corrected chi connectivity index (χ3v) is 6.73. The smallest absolute Gasteiger partial charge is 0.223 e. The second-order valence-corrected chi connectivity index (χ2v) is 10.8. The van der Waals surface area contributed by atoms with Gasteiger partial charge in [0.05, 0.1) is 12.0 Å². The molecule has 7 heteroatoms. The van der Waals surface area contributed by atoms with Crippen molar-refractivity contribution < 1.29 is 18.7 Å². The number of rotatable bonds is 8. The summed E-state index contributed by atoms with van der Waals surface area (Å²) < 4.78 is 27.0. The first-order valence-electron chi connectivity index (χ1n) is 10.9. The Bertz CT molecular complexity index is 941. The van der Waals surface area contributed by atoms with Crippen molar-refractivity contribution in [1.82, 2.24) is 5.32 Å². The summed E-state index contributed by atoms with van der Waals surface area (Å²) in [5.41, 5.74) is 9.75. The highest BCUT2D eigenvalue weighted by Gasteiger charge is 2.28. The van der Waals surface area contributed by atoms with Gasteiger partial charge in [-0.05, 0) is 52.6 Å². The van der Waals surface area contributed by atoms with Crippen molar-refractivity contribution >= 4 is 17.7 Å². The van der Waals surface area contributed by atoms with E-state index in [-0.39, 0.29) is 30.0 Å². The number of fused-ring (bicyclic) bond motifs is 1. The van der Waals surface area contributed by atoms with Crippen LogP contribution in [0.2, 0.25) is 0 Å². The zero-order valence-electron chi connectivity index (χ0n) is 18.8. The van der Waals surface area contributed by atoms with Gasteiger partial charge in [-0.15, -0.1) is 0 Å². The normalized spacial score (nSPS) is 18.1. The molecule has 1 amide bonds. The van der Waals surface area contributed by atoms with Crippen LogP contribution >= 0.6 is 11.8 Å². The highest BCUT2D eigenvalue weighted by Crippen LogP contribution is 2.34. The molecule has 1 aliphatic heterocycles. The van der Waals surface area contributed by atoms with E-state index in [1.165, 1.54) is 16.7 Å². The summed E-state index contributed by atoms with van der Waals surface area (Å²) >= 11 is 1.82. The molecule has 0 aliphatic carbocycles. The van der Waals surface area contributed by atoms with Gasteiger partial charge in [0.25, 0.3) is 0 Å². The van der Waals surface area contributed by atoms with Crippen molar-refractivity contribution in [3.63, 3.8) is 0 Å². The minimum Gasteiger partial charge on any atom is -0.391 e. The van der Waals surface area contributed by atoms with Gasteiger partial charge in [0, 0.05) is 30.2 Å². The van der Waals surface area contributed by atoms with E-state index >= 15 is 0 Å². The van der Waals surface area contributed by atoms with Gasteiger partial charge >= 0.3 is 0 Å². The van der Waals surface area contributed by atoms with Gasteiger partial charge in [-0.1, -0.05) is 39.0 Å². The Labute approximate surface area is 193 Å². The summed E-state index contributed by atoms with van der Waals surface area (Å²) in [6.07, 6.45) is -0.137. The average Bonchev–Trinajstić information content (AvgIpc) is 2.68. The van der Waals surface area contributed by atoms with Gasteiger partial charge in [-0.25, -0.2) is 8.78 Å². The van der Waals surface area contributed by atoms with E-state index in [0.717, 1.165) is 36.1 Å². The molecule has 32 heavy (non-hydrogen) atoms. The largest absolute Gasteiger partial charge is 0.391 e. The topological polar surface area (TPSA) is 75.3 Å². The quantitative estimate of drug-likeness (QED) is 0.551. The monoisotopic (exact) mass is 462 g/mol. The summed E-state index contributed by atoms with van der Waals surface area (Å²) in [4.78, 5) is 12.0. The van der Waals surface area contributed by atoms with E-state index < -0.39 is 29.6 Å². The van der Waals surface area contributed by atoms with Crippen LogP contribution in [0.5, 0.6) is 0 Å². The molecule has 174 valence electrons. The van der Waals surface area contributed by atoms with Gasteiger partial charge in [-0.2, -0.15) is 11.8 Å². The maximum Gasteiger partial charge on any atom is 0.223 e. The lowest BCUT2D eigenvalue weighted by Gasteiger charge is -2.30. The molecule has 0 fully saturated rings. The number of nitrogens with two attached hydrogens (primary N) is 1. The van der Waals surface area contributed by atoms with Gasteiger partial charge in [0.15, 0.2) is 0 Å². The fraction of sp³-hybridized carbons (Fsp3) is 0.480. The Balaban J connectivity index is 1.70. The Morgan fingerprint density at radius 3 is 2.50 bits per heavy atom. The lowest BCUT2D eigenvalue weighted by molar-refractivity contribution is -0.125. The first-order chi connectivity index (χ1) is 15.0. The van der Waals surface area contributed by atoms with Crippen molar-refractivity contribution in [3.8, 4) is 0 Å². The van der Waals surface area contributed by atoms with Crippen molar-refractivity contribution in [2.24, 2.45) is 17.1 Å². The zero-order valence-corrected chi connectivity index (χ0v) is 19.6. The third kappa shape index (κ3) is 6.77. The fourth-order valence-corrected chi connectivity index (χ4v) is 5.32. The molecule has 4 nitrogen and oxygen atoms in total. The number of hydrogen-bond donors (Lipinski definition) is 3. The second kappa shape index (κ2) is 10.3. The van der Waals surface area contributed by atoms with Crippen LogP contribution in [0, 0.1) is 23.0 Å². The van der Waals surface area contributed by atoms with Crippen LogP contribution in [0.15, 0.2) is 36.4 Å². The van der Waals surface area contributed by atoms with Crippen LogP contribution in [0.3, 0.4) is 0 Å². The molecule has 0 saturated carbocycles. The van der Waals surface area contributed by atoms with Gasteiger partial charge in [0.2, 0.25) is 5.91 Å². The predicted octanol–water partition coefficient (Wildman–Crippen LogP) is 4.14. The highest BCUT2D eigenvalue weighted by atomic mass is 32.2. The van der Waals surface area contributed by atoms with Crippen LogP contribution < -0.4 is 11.1 Å². The molecular formula is C25H32F2N2O2S. The number of aliphatic hydroxyl groups is 1. The maximum absolute atomic E-state index is 13.5. The van der Waals surface area contributed by atoms with Gasteiger partial charge in [0.1, 0.15) is 11.6 Å². The molecule has 0 spiro atoms. The molecule has 0 aromatic heterocycles. The lowest BCUT2D eigenvalue weighted by Crippen LogP contribution is -2.42. The number of amides is 1. The van der Waals surface area contributed by atoms with E-state index in [1.54, 1.807) is 0 Å². The number of thioether (sulfide) groups is 1. The maximum atomic E-state index is 13.5. The summed E-state index contributed by atoms with van der Waals surface area (Å²) in [5, 5.41) is 14.1. The van der Waals surface area contributed by atoms with Crippen LogP contribution in [0.1, 0.15) is 49.1 Å². The molecule has 2 aromatic carbocycles. The molecule has 1 aliphatic rings. The molecule has 3 atom stereocenters. The fourth-order valence-electron chi connectivity index (χ4n) is 4.18. The van der Waals surface area contributed by atoms with Crippen LogP contribution in [0.4, 0.5) is 8.78 Å². The third-order valence-electron chi connectivity index (χ3n) is 5.64. The van der Waals surface area contributed by atoms with E-state index in [4.69, 9.17) is 5.73 Å². The zero-order chi connectivity index (χ0) is 23.5. The molecular weight excluding hydrogens is 430 g/mol. The number of benzene rings is 2. The molecule has 3 rings (SSSR count). The van der Waals surface area contributed by atoms with Crippen LogP contribution in [0.25, 0.3) is 0 Å². The molecule has 0 bridgehead atoms. The molecule has 0 radical (unpaired) electrons. The van der Waals surface area contributed by atoms with E-state index in [0.29, 0.717) is 0 Å². The Morgan fingerprint density at radius 1 is 1.19 bits per heavy atom. The Kier molecular flexibility index (Phi) is 7.96. The number of hydrogen-bond acceptors (Lipinski definition) is 4. The SMILES string of the molecule is CC(C)(C)Cc1ccc2c(c1)C(NCC(O)C(Cc1cc(F)cc(F)c1)C(N)=O)CSC2. The number of aliphatic hydroxyl groups excluding tert-OH is 1. The minimum atomic E-state index is -1.08. The van der Waals surface area contributed by atoms with Crippen molar-refractivity contribution in [3.05, 3.63) is 70.3 Å².